The van der Waals surface area contributed by atoms with Gasteiger partial charge in [0.25, 0.3) is 0 Å². The van der Waals surface area contributed by atoms with E-state index in [1.807, 2.05) is 0 Å². The van der Waals surface area contributed by atoms with Crippen LogP contribution >= 0.6 is 0 Å². The first-order valence-corrected chi connectivity index (χ1v) is 7.14. The Bertz CT molecular complexity index is 313. The molecule has 0 aliphatic heterocycles. The quantitative estimate of drug-likeness (QED) is 0.536. The van der Waals surface area contributed by atoms with Crippen LogP contribution in [0.1, 0.15) is 59.8 Å². The number of allylic oxidation sites excluding steroid dienone is 5. The van der Waals surface area contributed by atoms with Gasteiger partial charge < -0.3 is 0 Å². The van der Waals surface area contributed by atoms with Crippen molar-refractivity contribution in [2.45, 2.75) is 59.8 Å². The van der Waals surface area contributed by atoms with Crippen LogP contribution in [0, 0.1) is 11.8 Å². The Morgan fingerprint density at radius 1 is 1.35 bits per heavy atom. The normalized spacial score (nSPS) is 24.5. The minimum absolute atomic E-state index is 0.581. The van der Waals surface area contributed by atoms with Crippen molar-refractivity contribution in [1.82, 2.24) is 0 Å². The minimum Gasteiger partial charge on any atom is -0.102 e. The Hall–Kier alpha value is -0.780. The maximum Gasteiger partial charge on any atom is 0.00203 e. The van der Waals surface area contributed by atoms with Crippen LogP contribution in [0.25, 0.3) is 0 Å². The van der Waals surface area contributed by atoms with Crippen molar-refractivity contribution < 1.29 is 0 Å². The highest BCUT2D eigenvalue weighted by Crippen LogP contribution is 2.39. The topological polar surface area (TPSA) is 0 Å². The summed E-state index contributed by atoms with van der Waals surface area (Å²) in [5.74, 6) is 1.38. The van der Waals surface area contributed by atoms with Crippen molar-refractivity contribution in [3.63, 3.8) is 0 Å². The second-order valence-electron chi connectivity index (χ2n) is 5.49. The Morgan fingerprint density at radius 2 is 2.06 bits per heavy atom. The fourth-order valence-electron chi connectivity index (χ4n) is 2.96. The van der Waals surface area contributed by atoms with Gasteiger partial charge in [-0.25, -0.2) is 0 Å². The van der Waals surface area contributed by atoms with Crippen LogP contribution in [-0.2, 0) is 0 Å². The Labute approximate surface area is 108 Å². The van der Waals surface area contributed by atoms with E-state index in [1.165, 1.54) is 43.3 Å². The second kappa shape index (κ2) is 6.83. The molecule has 0 saturated heterocycles. The average Bonchev–Trinajstić information content (AvgIpc) is 2.31. The van der Waals surface area contributed by atoms with Gasteiger partial charge in [0.05, 0.1) is 0 Å². The molecule has 1 rings (SSSR count). The molecule has 0 bridgehead atoms. The molecule has 0 aromatic rings. The summed E-state index contributed by atoms with van der Waals surface area (Å²) in [4.78, 5) is 0. The summed E-state index contributed by atoms with van der Waals surface area (Å²) in [6, 6.07) is 0. The molecule has 0 amide bonds. The van der Waals surface area contributed by atoms with Gasteiger partial charge in [0.1, 0.15) is 0 Å². The van der Waals surface area contributed by atoms with Gasteiger partial charge >= 0.3 is 0 Å². The van der Waals surface area contributed by atoms with Crippen LogP contribution in [0.15, 0.2) is 35.5 Å². The maximum atomic E-state index is 4.02. The number of hydrogen-bond donors (Lipinski definition) is 0. The van der Waals surface area contributed by atoms with Crippen LogP contribution < -0.4 is 0 Å². The lowest BCUT2D eigenvalue weighted by Crippen LogP contribution is -2.17. The SMILES string of the molecule is C=C[C@H]1C[C@@H](CCC)C(CCC)=CC1=C(C)C. The predicted octanol–water partition coefficient (Wildman–Crippen LogP) is 5.67. The highest BCUT2D eigenvalue weighted by atomic mass is 14.3. The van der Waals surface area contributed by atoms with Crippen molar-refractivity contribution in [2.75, 3.05) is 0 Å². The zero-order valence-corrected chi connectivity index (χ0v) is 12.1. The van der Waals surface area contributed by atoms with E-state index >= 15 is 0 Å². The van der Waals surface area contributed by atoms with Gasteiger partial charge in [-0.15, -0.1) is 6.58 Å². The summed E-state index contributed by atoms with van der Waals surface area (Å²) in [7, 11) is 0. The van der Waals surface area contributed by atoms with Crippen LogP contribution in [-0.4, -0.2) is 0 Å². The Kier molecular flexibility index (Phi) is 5.74. The molecule has 0 nitrogen and oxygen atoms in total. The van der Waals surface area contributed by atoms with Crippen molar-refractivity contribution in [2.24, 2.45) is 11.8 Å². The van der Waals surface area contributed by atoms with Gasteiger partial charge in [0.2, 0.25) is 0 Å². The summed E-state index contributed by atoms with van der Waals surface area (Å²) in [5, 5.41) is 0. The van der Waals surface area contributed by atoms with Gasteiger partial charge in [-0.2, -0.15) is 0 Å². The van der Waals surface area contributed by atoms with Gasteiger partial charge in [0.15, 0.2) is 0 Å². The van der Waals surface area contributed by atoms with Gasteiger partial charge in [-0.05, 0) is 44.6 Å². The minimum atomic E-state index is 0.581. The molecule has 0 unspecified atom stereocenters. The van der Waals surface area contributed by atoms with Crippen molar-refractivity contribution in [1.29, 1.82) is 0 Å². The molecular weight excluding hydrogens is 204 g/mol. The first-order chi connectivity index (χ1) is 8.13. The summed E-state index contributed by atoms with van der Waals surface area (Å²) in [6.45, 7) is 13.1. The molecule has 0 radical (unpaired) electrons. The summed E-state index contributed by atoms with van der Waals surface area (Å²) in [5.41, 5.74) is 4.66. The Morgan fingerprint density at radius 3 is 2.53 bits per heavy atom. The number of rotatable bonds is 5. The van der Waals surface area contributed by atoms with Crippen LogP contribution in [0.3, 0.4) is 0 Å². The lowest BCUT2D eigenvalue weighted by molar-refractivity contribution is 0.438. The second-order valence-corrected chi connectivity index (χ2v) is 5.49. The lowest BCUT2D eigenvalue weighted by Gasteiger charge is -2.31. The highest BCUT2D eigenvalue weighted by molar-refractivity contribution is 5.36. The molecule has 0 aromatic heterocycles. The van der Waals surface area contributed by atoms with E-state index in [9.17, 15) is 0 Å². The van der Waals surface area contributed by atoms with Crippen LogP contribution in [0.4, 0.5) is 0 Å². The summed E-state index contributed by atoms with van der Waals surface area (Å²) in [6.07, 6.45) is 11.1. The molecule has 0 heteroatoms. The zero-order valence-electron chi connectivity index (χ0n) is 12.1. The molecule has 1 aliphatic rings. The van der Waals surface area contributed by atoms with Crippen molar-refractivity contribution >= 4 is 0 Å². The van der Waals surface area contributed by atoms with E-state index in [-0.39, 0.29) is 0 Å². The molecular formula is C17H28. The molecule has 0 saturated carbocycles. The van der Waals surface area contributed by atoms with Gasteiger partial charge in [0, 0.05) is 5.92 Å². The standard InChI is InChI=1S/C17H28/c1-6-9-15-11-14(8-3)17(13(4)5)12-16(15)10-7-2/h8,12,14-15H,3,6-7,9-11H2,1-2,4-5H3/t14-,15+/m0/s1. The first kappa shape index (κ1) is 14.3. The van der Waals surface area contributed by atoms with E-state index < -0.39 is 0 Å². The van der Waals surface area contributed by atoms with E-state index in [0.29, 0.717) is 5.92 Å². The molecule has 2 atom stereocenters. The van der Waals surface area contributed by atoms with Crippen molar-refractivity contribution in [3.8, 4) is 0 Å². The van der Waals surface area contributed by atoms with E-state index in [4.69, 9.17) is 0 Å². The third-order valence-electron chi connectivity index (χ3n) is 3.84. The van der Waals surface area contributed by atoms with E-state index in [2.05, 4.69) is 46.4 Å². The molecule has 1 aliphatic carbocycles. The van der Waals surface area contributed by atoms with Crippen LogP contribution in [0.5, 0.6) is 0 Å². The molecule has 0 N–H and O–H groups in total. The van der Waals surface area contributed by atoms with Gasteiger partial charge in [-0.1, -0.05) is 50.0 Å². The summed E-state index contributed by atoms with van der Waals surface area (Å²) < 4.78 is 0. The fraction of sp³-hybridized carbons (Fsp3) is 0.647. The molecule has 0 heterocycles. The Balaban J connectivity index is 3.03. The zero-order chi connectivity index (χ0) is 12.8. The molecule has 0 spiro atoms. The number of hydrogen-bond acceptors (Lipinski definition) is 0. The van der Waals surface area contributed by atoms with E-state index in [1.54, 1.807) is 5.57 Å². The smallest absolute Gasteiger partial charge is 0.00203 e. The third-order valence-corrected chi connectivity index (χ3v) is 3.84. The van der Waals surface area contributed by atoms with Gasteiger partial charge in [-0.3, -0.25) is 0 Å². The third kappa shape index (κ3) is 3.59. The largest absolute Gasteiger partial charge is 0.102 e. The van der Waals surface area contributed by atoms with Crippen molar-refractivity contribution in [3.05, 3.63) is 35.5 Å². The fourth-order valence-corrected chi connectivity index (χ4v) is 2.96. The maximum absolute atomic E-state index is 4.02. The monoisotopic (exact) mass is 232 g/mol. The average molecular weight is 232 g/mol. The molecule has 0 fully saturated rings. The molecule has 17 heavy (non-hydrogen) atoms. The molecule has 96 valence electrons. The lowest BCUT2D eigenvalue weighted by atomic mass is 9.74. The molecule has 0 aromatic carbocycles. The van der Waals surface area contributed by atoms with E-state index in [0.717, 1.165) is 5.92 Å². The first-order valence-electron chi connectivity index (χ1n) is 7.14. The highest BCUT2D eigenvalue weighted by Gasteiger charge is 2.24. The predicted molar refractivity (Wildman–Crippen MR) is 78.1 cm³/mol. The summed E-state index contributed by atoms with van der Waals surface area (Å²) >= 11 is 0. The van der Waals surface area contributed by atoms with Crippen LogP contribution in [0.2, 0.25) is 0 Å².